The number of benzene rings is 2. The van der Waals surface area contributed by atoms with Gasteiger partial charge in [0.05, 0.1) is 31.9 Å². The third-order valence-electron chi connectivity index (χ3n) is 6.57. The topological polar surface area (TPSA) is 109 Å². The van der Waals surface area contributed by atoms with E-state index < -0.39 is 30.2 Å². The highest BCUT2D eigenvalue weighted by atomic mass is 32.1. The number of halogens is 2. The van der Waals surface area contributed by atoms with E-state index in [0.717, 1.165) is 28.4 Å². The maximum absolute atomic E-state index is 14.8. The van der Waals surface area contributed by atoms with E-state index in [1.165, 1.54) is 6.07 Å². The molecule has 13 heteroatoms. The van der Waals surface area contributed by atoms with Crippen molar-refractivity contribution in [1.29, 1.82) is 0 Å². The third kappa shape index (κ3) is 9.46. The van der Waals surface area contributed by atoms with Gasteiger partial charge < -0.3 is 24.8 Å². The predicted octanol–water partition coefficient (Wildman–Crippen LogP) is 6.64. The molecule has 0 aliphatic carbocycles. The highest BCUT2D eigenvalue weighted by molar-refractivity contribution is 7.20. The summed E-state index contributed by atoms with van der Waals surface area (Å²) in [6.45, 7) is 8.78. The Morgan fingerprint density at radius 2 is 1.53 bits per heavy atom. The van der Waals surface area contributed by atoms with Crippen molar-refractivity contribution in [3.8, 4) is 10.4 Å². The Kier molecular flexibility index (Phi) is 13.7. The molecule has 0 radical (unpaired) electrons. The molecule has 3 rings (SSSR count). The van der Waals surface area contributed by atoms with Crippen LogP contribution in [0.2, 0.25) is 0 Å². The molecule has 0 fully saturated rings. The lowest BCUT2D eigenvalue weighted by Crippen LogP contribution is -2.33. The largest absolute Gasteiger partial charge is 0.462 e. The number of carbonyl (C=O) groups excluding carboxylic acids is 3. The lowest BCUT2D eigenvalue weighted by Gasteiger charge is -2.23. The van der Waals surface area contributed by atoms with Gasteiger partial charge in [0.25, 0.3) is 0 Å². The summed E-state index contributed by atoms with van der Waals surface area (Å²) in [5.41, 5.74) is 1.53. The van der Waals surface area contributed by atoms with Crippen molar-refractivity contribution in [1.82, 2.24) is 10.2 Å². The zero-order valence-corrected chi connectivity index (χ0v) is 27.0. The number of thiophene rings is 1. The minimum atomic E-state index is -0.878. The molecule has 0 spiro atoms. The number of nitrogens with one attached hydrogen (secondary N) is 2. The molecule has 0 unspecified atom stereocenters. The molecule has 0 saturated heterocycles. The average Bonchev–Trinajstić information content (AvgIpc) is 3.36. The summed E-state index contributed by atoms with van der Waals surface area (Å²) < 4.78 is 46.0. The second-order valence-corrected chi connectivity index (χ2v) is 10.8. The molecule has 3 aromatic rings. The highest BCUT2D eigenvalue weighted by Crippen LogP contribution is 2.44. The Balaban J connectivity index is 2.23. The van der Waals surface area contributed by atoms with Crippen molar-refractivity contribution in [2.45, 2.75) is 40.8 Å². The molecule has 0 bridgehead atoms. The van der Waals surface area contributed by atoms with Crippen LogP contribution in [0.3, 0.4) is 0 Å². The first-order chi connectivity index (χ1) is 21.6. The molecule has 1 heterocycles. The zero-order valence-electron chi connectivity index (χ0n) is 26.2. The fourth-order valence-electron chi connectivity index (χ4n) is 4.46. The summed E-state index contributed by atoms with van der Waals surface area (Å²) in [6, 6.07) is 10.1. The Bertz CT molecular complexity index is 1430. The van der Waals surface area contributed by atoms with E-state index in [1.807, 2.05) is 25.8 Å². The number of nitrogens with zero attached hydrogens (tertiary/aromatic N) is 2. The van der Waals surface area contributed by atoms with Gasteiger partial charge in [-0.15, -0.1) is 11.3 Å². The summed E-state index contributed by atoms with van der Waals surface area (Å²) >= 11 is 1.11. The quantitative estimate of drug-likeness (QED) is 0.141. The van der Waals surface area contributed by atoms with Crippen molar-refractivity contribution >= 4 is 40.1 Å². The van der Waals surface area contributed by atoms with Crippen LogP contribution in [0.4, 0.5) is 29.1 Å². The lowest BCUT2D eigenvalue weighted by molar-refractivity contribution is 0.0525. The Labute approximate surface area is 266 Å². The van der Waals surface area contributed by atoms with Crippen molar-refractivity contribution in [2.24, 2.45) is 0 Å². The second-order valence-electron chi connectivity index (χ2n) is 9.79. The number of esters is 1. The number of hydrogen-bond donors (Lipinski definition) is 2. The van der Waals surface area contributed by atoms with Gasteiger partial charge in [-0.2, -0.15) is 0 Å². The SMILES string of the molecule is CCNC(=O)Nc1ccc(-c2sc(N(Cc3c(F)cccc3F)C(=O)OCC)c(C(=O)OCC)c2CN(C)CCOCC)cc1. The van der Waals surface area contributed by atoms with Crippen LogP contribution < -0.4 is 15.5 Å². The molecule has 2 aromatic carbocycles. The molecule has 0 aliphatic heterocycles. The van der Waals surface area contributed by atoms with Gasteiger partial charge in [0, 0.05) is 47.9 Å². The summed E-state index contributed by atoms with van der Waals surface area (Å²) in [6.07, 6.45) is -0.878. The number of carbonyl (C=O) groups is 3. The van der Waals surface area contributed by atoms with Crippen LogP contribution in [-0.2, 0) is 27.3 Å². The standard InChI is InChI=1S/C32H40F2N4O6S/c1-6-35-31(40)36-22-15-13-21(14-16-22)28-24(19-37(5)17-18-42-7-2)27(30(39)43-8-3)29(45-28)38(32(41)44-9-4)20-23-25(33)11-10-12-26(23)34/h10-16H,6-9,17-20H2,1-5H3,(H2,35,36,40). The molecule has 0 aliphatic rings. The fraction of sp³-hybridized carbons (Fsp3) is 0.406. The van der Waals surface area contributed by atoms with Gasteiger partial charge in [0.15, 0.2) is 0 Å². The normalized spacial score (nSPS) is 10.9. The van der Waals surface area contributed by atoms with Gasteiger partial charge in [-0.1, -0.05) is 18.2 Å². The number of ether oxygens (including phenoxy) is 3. The van der Waals surface area contributed by atoms with E-state index in [1.54, 1.807) is 38.1 Å². The summed E-state index contributed by atoms with van der Waals surface area (Å²) in [5, 5.41) is 5.55. The molecular formula is C32H40F2N4O6S. The van der Waals surface area contributed by atoms with E-state index in [9.17, 15) is 23.2 Å². The van der Waals surface area contributed by atoms with Crippen LogP contribution in [-0.4, -0.2) is 69.6 Å². The van der Waals surface area contributed by atoms with Crippen LogP contribution in [0.1, 0.15) is 49.2 Å². The molecule has 1 aromatic heterocycles. The molecule has 3 amide bonds. The highest BCUT2D eigenvalue weighted by Gasteiger charge is 2.33. The van der Waals surface area contributed by atoms with E-state index in [2.05, 4.69) is 10.6 Å². The second kappa shape index (κ2) is 17.4. The van der Waals surface area contributed by atoms with Crippen LogP contribution >= 0.6 is 11.3 Å². The van der Waals surface area contributed by atoms with Crippen molar-refractivity contribution in [3.63, 3.8) is 0 Å². The summed E-state index contributed by atoms with van der Waals surface area (Å²) in [4.78, 5) is 42.7. The predicted molar refractivity (Wildman–Crippen MR) is 171 cm³/mol. The van der Waals surface area contributed by atoms with Gasteiger partial charge in [-0.05, 0) is 64.6 Å². The number of likely N-dealkylation sites (N-methyl/N-ethyl adjacent to an activating group) is 1. The van der Waals surface area contributed by atoms with Gasteiger partial charge in [-0.25, -0.2) is 23.2 Å². The lowest BCUT2D eigenvalue weighted by atomic mass is 10.0. The fourth-order valence-corrected chi connectivity index (χ4v) is 5.75. The first-order valence-corrected chi connectivity index (χ1v) is 15.6. The minimum absolute atomic E-state index is 0.00481. The van der Waals surface area contributed by atoms with E-state index >= 15 is 0 Å². The first-order valence-electron chi connectivity index (χ1n) is 14.8. The number of rotatable bonds is 15. The molecule has 45 heavy (non-hydrogen) atoms. The molecule has 0 saturated carbocycles. The summed E-state index contributed by atoms with van der Waals surface area (Å²) in [7, 11) is 1.87. The monoisotopic (exact) mass is 646 g/mol. The zero-order chi connectivity index (χ0) is 32.9. The maximum atomic E-state index is 14.8. The van der Waals surface area contributed by atoms with Gasteiger partial charge >= 0.3 is 18.1 Å². The van der Waals surface area contributed by atoms with E-state index in [4.69, 9.17) is 14.2 Å². The van der Waals surface area contributed by atoms with Crippen molar-refractivity contribution in [2.75, 3.05) is 56.8 Å². The number of anilines is 2. The van der Waals surface area contributed by atoms with Crippen LogP contribution in [0.5, 0.6) is 0 Å². The molecule has 10 nitrogen and oxygen atoms in total. The molecular weight excluding hydrogens is 606 g/mol. The first kappa shape index (κ1) is 35.4. The van der Waals surface area contributed by atoms with Crippen LogP contribution in [0.15, 0.2) is 42.5 Å². The smallest absolute Gasteiger partial charge is 0.415 e. The van der Waals surface area contributed by atoms with Crippen molar-refractivity contribution in [3.05, 3.63) is 70.8 Å². The average molecular weight is 647 g/mol. The Morgan fingerprint density at radius 3 is 2.13 bits per heavy atom. The van der Waals surface area contributed by atoms with E-state index in [-0.39, 0.29) is 41.9 Å². The van der Waals surface area contributed by atoms with Gasteiger partial charge in [-0.3, -0.25) is 9.80 Å². The van der Waals surface area contributed by atoms with Crippen LogP contribution in [0.25, 0.3) is 10.4 Å². The number of urea groups is 1. The number of amides is 3. The van der Waals surface area contributed by atoms with Gasteiger partial charge in [0.1, 0.15) is 16.6 Å². The number of hydrogen-bond acceptors (Lipinski definition) is 8. The molecule has 2 N–H and O–H groups in total. The van der Waals surface area contributed by atoms with Crippen molar-refractivity contribution < 1.29 is 37.4 Å². The molecule has 244 valence electrons. The molecule has 0 atom stereocenters. The summed E-state index contributed by atoms with van der Waals surface area (Å²) in [5.74, 6) is -2.38. The van der Waals surface area contributed by atoms with E-state index in [0.29, 0.717) is 48.0 Å². The minimum Gasteiger partial charge on any atom is -0.462 e. The Morgan fingerprint density at radius 1 is 0.867 bits per heavy atom. The maximum Gasteiger partial charge on any atom is 0.415 e. The Hall–Kier alpha value is -4.07. The van der Waals surface area contributed by atoms with Gasteiger partial charge in [0.2, 0.25) is 0 Å². The third-order valence-corrected chi connectivity index (χ3v) is 7.88. The van der Waals surface area contributed by atoms with Crippen LogP contribution in [0, 0.1) is 11.6 Å².